The van der Waals surface area contributed by atoms with Gasteiger partial charge in [0, 0.05) is 17.1 Å². The quantitative estimate of drug-likeness (QED) is 0.615. The third-order valence-corrected chi connectivity index (χ3v) is 4.56. The van der Waals surface area contributed by atoms with E-state index in [1.165, 1.54) is 11.1 Å². The molecule has 2 aromatic carbocycles. The predicted molar refractivity (Wildman–Crippen MR) is 100 cm³/mol. The van der Waals surface area contributed by atoms with Crippen LogP contribution in [-0.4, -0.2) is 4.98 Å². The fraction of sp³-hybridized carbons (Fsp3) is 0.273. The molecule has 0 fully saturated rings. The smallest absolute Gasteiger partial charge is 0.0780 e. The molecule has 0 saturated carbocycles. The van der Waals surface area contributed by atoms with E-state index in [0.29, 0.717) is 0 Å². The van der Waals surface area contributed by atoms with Crippen LogP contribution in [0.2, 0.25) is 0 Å². The van der Waals surface area contributed by atoms with Crippen LogP contribution in [0.5, 0.6) is 0 Å². The molecule has 1 aromatic heterocycles. The second-order valence-electron chi connectivity index (χ2n) is 7.16. The van der Waals surface area contributed by atoms with Crippen molar-refractivity contribution in [2.75, 3.05) is 0 Å². The molecular formula is C22H22N2. The van der Waals surface area contributed by atoms with Crippen molar-refractivity contribution in [2.45, 2.75) is 40.0 Å². The first-order valence-electron chi connectivity index (χ1n) is 8.21. The maximum atomic E-state index is 9.48. The Morgan fingerprint density at radius 1 is 0.958 bits per heavy atom. The van der Waals surface area contributed by atoms with Gasteiger partial charge in [-0.3, -0.25) is 4.98 Å². The van der Waals surface area contributed by atoms with Crippen LogP contribution < -0.4 is 0 Å². The van der Waals surface area contributed by atoms with Gasteiger partial charge in [0.2, 0.25) is 0 Å². The van der Waals surface area contributed by atoms with Crippen molar-refractivity contribution in [3.05, 3.63) is 64.8 Å². The fourth-order valence-corrected chi connectivity index (χ4v) is 3.40. The zero-order valence-corrected chi connectivity index (χ0v) is 14.9. The monoisotopic (exact) mass is 314 g/mol. The summed E-state index contributed by atoms with van der Waals surface area (Å²) in [4.78, 5) is 4.65. The lowest BCUT2D eigenvalue weighted by Crippen LogP contribution is -2.15. The van der Waals surface area contributed by atoms with Gasteiger partial charge in [0.25, 0.3) is 0 Å². The van der Waals surface area contributed by atoms with Crippen LogP contribution in [0.4, 0.5) is 0 Å². The minimum absolute atomic E-state index is 0.498. The summed E-state index contributed by atoms with van der Waals surface area (Å²) in [6.07, 6.45) is 1.85. The number of nitrogens with zero attached hydrogens (tertiary/aromatic N) is 2. The molecular weight excluding hydrogens is 292 g/mol. The molecule has 0 unspecified atom stereocenters. The Morgan fingerprint density at radius 3 is 2.25 bits per heavy atom. The summed E-state index contributed by atoms with van der Waals surface area (Å²) >= 11 is 0. The number of rotatable bonds is 2. The van der Waals surface area contributed by atoms with Crippen molar-refractivity contribution in [2.24, 2.45) is 0 Å². The van der Waals surface area contributed by atoms with Crippen LogP contribution in [0.25, 0.3) is 22.0 Å². The van der Waals surface area contributed by atoms with Gasteiger partial charge in [0.05, 0.1) is 17.2 Å². The van der Waals surface area contributed by atoms with E-state index in [-0.39, 0.29) is 0 Å². The van der Waals surface area contributed by atoms with Gasteiger partial charge in [-0.05, 0) is 81.5 Å². The third kappa shape index (κ3) is 2.78. The Balaban J connectivity index is 2.29. The van der Waals surface area contributed by atoms with E-state index >= 15 is 0 Å². The minimum Gasteiger partial charge on any atom is -0.256 e. The summed E-state index contributed by atoms with van der Waals surface area (Å²) in [6.45, 7) is 10.2. The van der Waals surface area contributed by atoms with Crippen molar-refractivity contribution in [1.82, 2.24) is 4.98 Å². The van der Waals surface area contributed by atoms with Crippen LogP contribution in [0.1, 0.15) is 36.1 Å². The predicted octanol–water partition coefficient (Wildman–Crippen LogP) is 5.63. The van der Waals surface area contributed by atoms with Gasteiger partial charge in [0.15, 0.2) is 0 Å². The van der Waals surface area contributed by atoms with Crippen LogP contribution in [-0.2, 0) is 5.41 Å². The Bertz CT molecular complexity index is 955. The fourth-order valence-electron chi connectivity index (χ4n) is 3.40. The van der Waals surface area contributed by atoms with Gasteiger partial charge in [-0.25, -0.2) is 0 Å². The molecule has 3 aromatic rings. The highest BCUT2D eigenvalue weighted by molar-refractivity contribution is 5.95. The topological polar surface area (TPSA) is 36.7 Å². The lowest BCUT2D eigenvalue weighted by molar-refractivity contribution is 0.682. The average Bonchev–Trinajstić information content (AvgIpc) is 2.52. The number of hydrogen-bond acceptors (Lipinski definition) is 2. The van der Waals surface area contributed by atoms with Crippen molar-refractivity contribution >= 4 is 10.8 Å². The minimum atomic E-state index is -0.498. The summed E-state index contributed by atoms with van der Waals surface area (Å²) in [7, 11) is 0. The largest absolute Gasteiger partial charge is 0.256 e. The van der Waals surface area contributed by atoms with Crippen LogP contribution in [0.15, 0.2) is 42.6 Å². The lowest BCUT2D eigenvalue weighted by atomic mass is 9.82. The Hall–Kier alpha value is -2.66. The van der Waals surface area contributed by atoms with E-state index in [1.807, 2.05) is 26.1 Å². The number of aromatic nitrogens is 1. The van der Waals surface area contributed by atoms with E-state index in [2.05, 4.69) is 62.2 Å². The summed E-state index contributed by atoms with van der Waals surface area (Å²) in [6, 6.07) is 15.3. The van der Waals surface area contributed by atoms with Gasteiger partial charge in [0.1, 0.15) is 0 Å². The molecule has 0 aliphatic rings. The molecule has 2 nitrogen and oxygen atoms in total. The van der Waals surface area contributed by atoms with Gasteiger partial charge in [-0.15, -0.1) is 0 Å². The van der Waals surface area contributed by atoms with Crippen molar-refractivity contribution < 1.29 is 0 Å². The molecule has 2 heteroatoms. The molecule has 0 spiro atoms. The molecule has 1 heterocycles. The molecule has 0 saturated heterocycles. The first-order chi connectivity index (χ1) is 11.3. The Labute approximate surface area is 143 Å². The number of pyridine rings is 1. The molecule has 0 bridgehead atoms. The van der Waals surface area contributed by atoms with Gasteiger partial charge in [-0.1, -0.05) is 17.2 Å². The maximum Gasteiger partial charge on any atom is 0.0780 e. The number of hydrogen-bond donors (Lipinski definition) is 0. The molecule has 3 rings (SSSR count). The second kappa shape index (κ2) is 5.76. The van der Waals surface area contributed by atoms with Crippen molar-refractivity contribution in [1.29, 1.82) is 5.26 Å². The van der Waals surface area contributed by atoms with Crippen molar-refractivity contribution in [3.8, 4) is 17.3 Å². The highest BCUT2D eigenvalue weighted by Gasteiger charge is 2.22. The summed E-state index contributed by atoms with van der Waals surface area (Å²) in [5.74, 6) is 0. The molecule has 0 radical (unpaired) electrons. The second-order valence-corrected chi connectivity index (χ2v) is 7.16. The number of nitriles is 1. The highest BCUT2D eigenvalue weighted by Crippen LogP contribution is 2.33. The maximum absolute atomic E-state index is 9.48. The van der Waals surface area contributed by atoms with Gasteiger partial charge >= 0.3 is 0 Å². The number of fused-ring (bicyclic) bond motifs is 1. The third-order valence-electron chi connectivity index (χ3n) is 4.56. The van der Waals surface area contributed by atoms with Gasteiger partial charge < -0.3 is 0 Å². The van der Waals surface area contributed by atoms with Crippen LogP contribution in [0.3, 0.4) is 0 Å². The molecule has 24 heavy (non-hydrogen) atoms. The van der Waals surface area contributed by atoms with E-state index < -0.39 is 5.41 Å². The molecule has 0 N–H and O–H groups in total. The van der Waals surface area contributed by atoms with Gasteiger partial charge in [-0.2, -0.15) is 5.26 Å². The van der Waals surface area contributed by atoms with Crippen LogP contribution >= 0.6 is 0 Å². The highest BCUT2D eigenvalue weighted by atomic mass is 14.7. The average molecular weight is 314 g/mol. The Morgan fingerprint density at radius 2 is 1.62 bits per heavy atom. The molecule has 0 aliphatic carbocycles. The van der Waals surface area contributed by atoms with E-state index in [1.54, 1.807) is 0 Å². The standard InChI is InChI=1S/C22H22N2/c1-14-8-15(2)10-18(9-14)21-19-11-16(3)20(22(4,5)13-23)12-17(19)6-7-24-21/h6-12H,1-5H3. The number of benzene rings is 2. The summed E-state index contributed by atoms with van der Waals surface area (Å²) in [5, 5.41) is 11.7. The van der Waals surface area contributed by atoms with E-state index in [4.69, 9.17) is 0 Å². The summed E-state index contributed by atoms with van der Waals surface area (Å²) < 4.78 is 0. The first-order valence-corrected chi connectivity index (χ1v) is 8.21. The SMILES string of the molecule is Cc1cc(C)cc(-c2nccc3cc(C(C)(C)C#N)c(C)cc23)c1. The summed E-state index contributed by atoms with van der Waals surface area (Å²) in [5.41, 5.74) is 6.34. The number of aryl methyl sites for hydroxylation is 3. The van der Waals surface area contributed by atoms with Crippen LogP contribution in [0, 0.1) is 32.1 Å². The Kier molecular flexibility index (Phi) is 3.89. The van der Waals surface area contributed by atoms with E-state index in [9.17, 15) is 5.26 Å². The lowest BCUT2D eigenvalue weighted by Gasteiger charge is -2.20. The molecule has 0 atom stereocenters. The van der Waals surface area contributed by atoms with Crippen molar-refractivity contribution in [3.63, 3.8) is 0 Å². The molecule has 0 aliphatic heterocycles. The molecule has 0 amide bonds. The molecule has 120 valence electrons. The zero-order chi connectivity index (χ0) is 17.5. The normalized spacial score (nSPS) is 11.5. The first kappa shape index (κ1) is 16.2. The van der Waals surface area contributed by atoms with E-state index in [0.717, 1.165) is 33.2 Å². The zero-order valence-electron chi connectivity index (χ0n) is 14.9.